The fourth-order valence-corrected chi connectivity index (χ4v) is 1.38. The third kappa shape index (κ3) is 8.23. The van der Waals surface area contributed by atoms with Gasteiger partial charge < -0.3 is 10.1 Å². The lowest BCUT2D eigenvalue weighted by atomic mass is 10.1. The van der Waals surface area contributed by atoms with E-state index in [1.165, 1.54) is 24.3 Å². The van der Waals surface area contributed by atoms with Crippen molar-refractivity contribution in [2.45, 2.75) is 52.9 Å². The van der Waals surface area contributed by atoms with Crippen LogP contribution < -0.4 is 5.32 Å². The van der Waals surface area contributed by atoms with Crippen LogP contribution >= 0.6 is 0 Å². The summed E-state index contributed by atoms with van der Waals surface area (Å²) in [5.74, 6) is -2.52. The van der Waals surface area contributed by atoms with E-state index in [1.807, 2.05) is 13.8 Å². The average molecular weight is 333 g/mol. The summed E-state index contributed by atoms with van der Waals surface area (Å²) in [7, 11) is 0. The smallest absolute Gasteiger partial charge is 0.456 e. The van der Waals surface area contributed by atoms with Crippen molar-refractivity contribution in [3.63, 3.8) is 0 Å². The highest BCUT2D eigenvalue weighted by Gasteiger charge is 2.38. The fraction of sp³-hybridized carbons (Fsp3) is 0.500. The lowest BCUT2D eigenvalue weighted by molar-refractivity contribution is -0.173. The van der Waals surface area contributed by atoms with Gasteiger partial charge in [0.05, 0.1) is 5.56 Å². The number of alkyl halides is 3. The number of ether oxygens (including phenoxy) is 1. The highest BCUT2D eigenvalue weighted by atomic mass is 19.4. The van der Waals surface area contributed by atoms with E-state index < -0.39 is 23.7 Å². The van der Waals surface area contributed by atoms with Gasteiger partial charge in [-0.05, 0) is 38.5 Å². The Labute approximate surface area is 134 Å². The molecule has 7 heteroatoms. The number of esters is 1. The Morgan fingerprint density at radius 1 is 1.04 bits per heavy atom. The minimum Gasteiger partial charge on any atom is -0.456 e. The average Bonchev–Trinajstić information content (AvgIpc) is 2.44. The summed E-state index contributed by atoms with van der Waals surface area (Å²) >= 11 is 0. The molecule has 23 heavy (non-hydrogen) atoms. The maximum absolute atomic E-state index is 12.0. The van der Waals surface area contributed by atoms with Gasteiger partial charge in [0, 0.05) is 6.54 Å². The third-order valence-corrected chi connectivity index (χ3v) is 2.30. The van der Waals surface area contributed by atoms with Crippen LogP contribution in [0.15, 0.2) is 24.3 Å². The quantitative estimate of drug-likeness (QED) is 0.855. The van der Waals surface area contributed by atoms with E-state index in [0.29, 0.717) is 5.56 Å². The number of hydrogen-bond acceptors (Lipinski definition) is 3. The second kappa shape index (κ2) is 8.55. The van der Waals surface area contributed by atoms with E-state index in [9.17, 15) is 22.8 Å². The number of carbonyl (C=O) groups is 2. The molecule has 0 bridgehead atoms. The Kier molecular flexibility index (Phi) is 7.79. The molecular weight excluding hydrogens is 311 g/mol. The molecule has 0 aliphatic heterocycles. The topological polar surface area (TPSA) is 55.4 Å². The second-order valence-electron chi connectivity index (χ2n) is 5.38. The summed E-state index contributed by atoms with van der Waals surface area (Å²) in [4.78, 5) is 22.4. The maximum atomic E-state index is 12.0. The number of hydrogen-bond donors (Lipinski definition) is 1. The molecule has 4 nitrogen and oxygen atoms in total. The third-order valence-electron chi connectivity index (χ3n) is 2.30. The number of halogens is 3. The van der Waals surface area contributed by atoms with Crippen molar-refractivity contribution in [1.82, 2.24) is 5.32 Å². The Balaban J connectivity index is 0.00000232. The van der Waals surface area contributed by atoms with Crippen LogP contribution in [-0.2, 0) is 16.1 Å². The van der Waals surface area contributed by atoms with Crippen LogP contribution in [0.5, 0.6) is 0 Å². The summed E-state index contributed by atoms with van der Waals surface area (Å²) < 4.78 is 41.2. The van der Waals surface area contributed by atoms with Crippen molar-refractivity contribution in [2.75, 3.05) is 0 Å². The Morgan fingerprint density at radius 2 is 1.52 bits per heavy atom. The van der Waals surface area contributed by atoms with Gasteiger partial charge in [-0.1, -0.05) is 26.0 Å². The Morgan fingerprint density at radius 3 is 1.91 bits per heavy atom. The monoisotopic (exact) mass is 333 g/mol. The van der Waals surface area contributed by atoms with Crippen molar-refractivity contribution >= 4 is 11.9 Å². The van der Waals surface area contributed by atoms with E-state index >= 15 is 0 Å². The molecule has 0 unspecified atom stereocenters. The molecule has 0 radical (unpaired) electrons. The van der Waals surface area contributed by atoms with Crippen LogP contribution in [0.1, 0.15) is 50.5 Å². The molecule has 0 aliphatic carbocycles. The van der Waals surface area contributed by atoms with Gasteiger partial charge in [-0.15, -0.1) is 0 Å². The molecular formula is C16H22F3NO3. The van der Waals surface area contributed by atoms with Gasteiger partial charge in [0.25, 0.3) is 0 Å². The minimum atomic E-state index is -4.91. The maximum Gasteiger partial charge on any atom is 0.471 e. The summed E-state index contributed by atoms with van der Waals surface area (Å²) in [5, 5.41) is 1.75. The lowest BCUT2D eigenvalue weighted by Gasteiger charge is -2.19. The van der Waals surface area contributed by atoms with Gasteiger partial charge in [0.15, 0.2) is 0 Å². The molecule has 1 aromatic rings. The minimum absolute atomic E-state index is 0.271. The second-order valence-corrected chi connectivity index (χ2v) is 5.38. The van der Waals surface area contributed by atoms with Gasteiger partial charge >= 0.3 is 18.1 Å². The van der Waals surface area contributed by atoms with E-state index in [0.717, 1.165) is 0 Å². The van der Waals surface area contributed by atoms with Crippen LogP contribution in [0.25, 0.3) is 0 Å². The van der Waals surface area contributed by atoms with Crippen LogP contribution in [0.2, 0.25) is 0 Å². The fourth-order valence-electron chi connectivity index (χ4n) is 1.38. The molecule has 0 heterocycles. The van der Waals surface area contributed by atoms with Crippen molar-refractivity contribution < 1.29 is 27.5 Å². The number of rotatable bonds is 3. The van der Waals surface area contributed by atoms with E-state index in [1.54, 1.807) is 26.1 Å². The van der Waals surface area contributed by atoms with Crippen LogP contribution in [-0.4, -0.2) is 23.7 Å². The molecule has 1 aromatic carbocycles. The summed E-state index contributed by atoms with van der Waals surface area (Å²) in [6, 6.07) is 5.78. The first-order valence-corrected chi connectivity index (χ1v) is 7.16. The van der Waals surface area contributed by atoms with E-state index in [4.69, 9.17) is 4.74 Å². The van der Waals surface area contributed by atoms with Crippen LogP contribution in [0.4, 0.5) is 13.2 Å². The Bertz CT molecular complexity index is 517. The summed E-state index contributed by atoms with van der Waals surface area (Å²) in [6.07, 6.45) is -4.91. The first-order chi connectivity index (χ1) is 10.5. The zero-order valence-electron chi connectivity index (χ0n) is 13.9. The predicted octanol–water partition coefficient (Wildman–Crippen LogP) is 3.85. The summed E-state index contributed by atoms with van der Waals surface area (Å²) in [5.41, 5.74) is 0.104. The molecule has 1 amide bonds. The van der Waals surface area contributed by atoms with E-state index in [-0.39, 0.29) is 12.1 Å². The Hall–Kier alpha value is -2.05. The molecule has 0 aromatic heterocycles. The normalized spacial score (nSPS) is 11.1. The van der Waals surface area contributed by atoms with E-state index in [2.05, 4.69) is 0 Å². The van der Waals surface area contributed by atoms with Gasteiger partial charge in [-0.25, -0.2) is 4.79 Å². The number of amides is 1. The highest BCUT2D eigenvalue weighted by molar-refractivity contribution is 5.89. The van der Waals surface area contributed by atoms with Crippen molar-refractivity contribution in [3.05, 3.63) is 35.4 Å². The van der Waals surface area contributed by atoms with Gasteiger partial charge in [-0.2, -0.15) is 13.2 Å². The molecule has 0 aliphatic rings. The van der Waals surface area contributed by atoms with Crippen molar-refractivity contribution in [3.8, 4) is 0 Å². The molecule has 0 atom stereocenters. The molecule has 0 spiro atoms. The predicted molar refractivity (Wildman–Crippen MR) is 80.9 cm³/mol. The lowest BCUT2D eigenvalue weighted by Crippen LogP contribution is -2.36. The molecule has 130 valence electrons. The number of carbonyl (C=O) groups excluding carboxylic acids is 2. The van der Waals surface area contributed by atoms with Crippen LogP contribution in [0.3, 0.4) is 0 Å². The highest BCUT2D eigenvalue weighted by Crippen LogP contribution is 2.15. The molecule has 0 saturated carbocycles. The summed E-state index contributed by atoms with van der Waals surface area (Å²) in [6.45, 7) is 8.91. The molecule has 0 saturated heterocycles. The molecule has 0 fully saturated rings. The number of nitrogens with one attached hydrogen (secondary N) is 1. The van der Waals surface area contributed by atoms with Crippen molar-refractivity contribution in [1.29, 1.82) is 0 Å². The van der Waals surface area contributed by atoms with Gasteiger partial charge in [-0.3, -0.25) is 4.79 Å². The zero-order chi connectivity index (χ0) is 18.3. The standard InChI is InChI=1S/C14H16F3NO3.C2H6/c1-13(2,3)21-11(19)10-6-4-9(5-7-10)8-18-12(20)14(15,16)17;1-2/h4-7H,8H2,1-3H3,(H,18,20);1-2H3. The SMILES string of the molecule is CC.CC(C)(C)OC(=O)c1ccc(CNC(=O)C(F)(F)F)cc1. The first kappa shape index (κ1) is 20.9. The molecule has 1 rings (SSSR count). The first-order valence-electron chi connectivity index (χ1n) is 7.16. The number of benzene rings is 1. The van der Waals surface area contributed by atoms with Crippen molar-refractivity contribution in [2.24, 2.45) is 0 Å². The largest absolute Gasteiger partial charge is 0.471 e. The van der Waals surface area contributed by atoms with Crippen LogP contribution in [0, 0.1) is 0 Å². The van der Waals surface area contributed by atoms with Gasteiger partial charge in [0.2, 0.25) is 0 Å². The zero-order valence-corrected chi connectivity index (χ0v) is 13.9. The van der Waals surface area contributed by atoms with Gasteiger partial charge in [0.1, 0.15) is 5.60 Å². The molecule has 1 N–H and O–H groups in total.